The molecule has 156 valence electrons. The Morgan fingerprint density at radius 1 is 1.11 bits per heavy atom. The lowest BCUT2D eigenvalue weighted by Crippen LogP contribution is -2.53. The van der Waals surface area contributed by atoms with E-state index in [4.69, 9.17) is 16.3 Å². The molecule has 2 unspecified atom stereocenters. The number of hydrogen-bond donors (Lipinski definition) is 1. The number of amides is 1. The number of carbonyl (C=O) groups is 1. The number of piperidine rings is 2. The molecule has 1 aromatic rings. The number of benzene rings is 1. The number of aliphatic hydroxyl groups excluding tert-OH is 1. The number of nitrogens with zero attached hydrogens (tertiary/aromatic N) is 2. The maximum atomic E-state index is 12.3. The predicted octanol–water partition coefficient (Wildman–Crippen LogP) is 4.63. The van der Waals surface area contributed by atoms with Gasteiger partial charge in [-0.2, -0.15) is 0 Å². The molecule has 2 saturated heterocycles. The Hall–Kier alpha value is -1.30. The highest BCUT2D eigenvalue weighted by Gasteiger charge is 2.36. The Morgan fingerprint density at radius 2 is 1.75 bits per heavy atom. The lowest BCUT2D eigenvalue weighted by Gasteiger charge is -2.46. The van der Waals surface area contributed by atoms with E-state index in [0.29, 0.717) is 24.2 Å². The zero-order valence-corrected chi connectivity index (χ0v) is 18.0. The summed E-state index contributed by atoms with van der Waals surface area (Å²) < 4.78 is 5.51. The monoisotopic (exact) mass is 408 g/mol. The van der Waals surface area contributed by atoms with Crippen LogP contribution in [-0.2, 0) is 4.74 Å². The van der Waals surface area contributed by atoms with E-state index in [2.05, 4.69) is 4.90 Å². The van der Waals surface area contributed by atoms with Gasteiger partial charge in [-0.3, -0.25) is 4.90 Å². The fraction of sp³-hybridized carbons (Fsp3) is 0.682. The second kappa shape index (κ2) is 9.02. The number of rotatable bonds is 3. The number of hydrogen-bond acceptors (Lipinski definition) is 4. The van der Waals surface area contributed by atoms with Crippen LogP contribution in [0.2, 0.25) is 5.02 Å². The summed E-state index contributed by atoms with van der Waals surface area (Å²) in [5.74, 6) is 0. The first kappa shape index (κ1) is 21.4. The van der Waals surface area contributed by atoms with Crippen LogP contribution in [-0.4, -0.2) is 58.3 Å². The minimum absolute atomic E-state index is 0.119. The molecule has 1 amide bonds. The molecule has 5 nitrogen and oxygen atoms in total. The van der Waals surface area contributed by atoms with Gasteiger partial charge in [-0.15, -0.1) is 0 Å². The summed E-state index contributed by atoms with van der Waals surface area (Å²) in [6.45, 7) is 8.11. The fourth-order valence-electron chi connectivity index (χ4n) is 4.36. The molecule has 0 radical (unpaired) electrons. The van der Waals surface area contributed by atoms with Gasteiger partial charge >= 0.3 is 6.09 Å². The molecule has 2 heterocycles. The summed E-state index contributed by atoms with van der Waals surface area (Å²) in [7, 11) is 0. The van der Waals surface area contributed by atoms with E-state index < -0.39 is 11.7 Å². The smallest absolute Gasteiger partial charge is 0.410 e. The Morgan fingerprint density at radius 3 is 2.36 bits per heavy atom. The third-order valence-electron chi connectivity index (χ3n) is 5.75. The average molecular weight is 409 g/mol. The minimum Gasteiger partial charge on any atom is -0.444 e. The molecule has 6 heteroatoms. The summed E-state index contributed by atoms with van der Waals surface area (Å²) in [6, 6.07) is 8.04. The van der Waals surface area contributed by atoms with Gasteiger partial charge in [-0.05, 0) is 70.7 Å². The van der Waals surface area contributed by atoms with Gasteiger partial charge in [0.15, 0.2) is 0 Å². The van der Waals surface area contributed by atoms with Crippen LogP contribution in [0.1, 0.15) is 64.5 Å². The number of carbonyl (C=O) groups excluding carboxylic acids is 1. The van der Waals surface area contributed by atoms with Crippen molar-refractivity contribution in [3.05, 3.63) is 34.9 Å². The van der Waals surface area contributed by atoms with Gasteiger partial charge in [-0.1, -0.05) is 30.2 Å². The summed E-state index contributed by atoms with van der Waals surface area (Å²) >= 11 is 6.00. The molecular weight excluding hydrogens is 376 g/mol. The molecule has 2 aliphatic heterocycles. The summed E-state index contributed by atoms with van der Waals surface area (Å²) in [5, 5.41) is 11.7. The van der Waals surface area contributed by atoms with Crippen LogP contribution in [0.5, 0.6) is 0 Å². The van der Waals surface area contributed by atoms with Gasteiger partial charge in [0.05, 0.1) is 6.10 Å². The molecule has 28 heavy (non-hydrogen) atoms. The third kappa shape index (κ3) is 5.40. The Bertz CT molecular complexity index is 651. The van der Waals surface area contributed by atoms with E-state index in [1.165, 1.54) is 0 Å². The maximum absolute atomic E-state index is 12.3. The maximum Gasteiger partial charge on any atom is 0.410 e. The van der Waals surface area contributed by atoms with Crippen molar-refractivity contribution in [2.45, 2.75) is 76.7 Å². The van der Waals surface area contributed by atoms with Crippen molar-refractivity contribution in [1.29, 1.82) is 0 Å². The summed E-state index contributed by atoms with van der Waals surface area (Å²) in [4.78, 5) is 16.6. The van der Waals surface area contributed by atoms with Crippen LogP contribution in [0.25, 0.3) is 0 Å². The van der Waals surface area contributed by atoms with E-state index in [1.807, 2.05) is 49.9 Å². The highest BCUT2D eigenvalue weighted by molar-refractivity contribution is 6.30. The van der Waals surface area contributed by atoms with Crippen molar-refractivity contribution in [2.24, 2.45) is 0 Å². The fourth-order valence-corrected chi connectivity index (χ4v) is 4.49. The number of aliphatic hydroxyl groups is 1. The van der Waals surface area contributed by atoms with Gasteiger partial charge in [0, 0.05) is 30.2 Å². The van der Waals surface area contributed by atoms with Crippen molar-refractivity contribution in [2.75, 3.05) is 19.6 Å². The minimum atomic E-state index is -0.513. The predicted molar refractivity (Wildman–Crippen MR) is 112 cm³/mol. The van der Waals surface area contributed by atoms with E-state index in [0.717, 1.165) is 44.2 Å². The van der Waals surface area contributed by atoms with E-state index >= 15 is 0 Å². The molecule has 0 saturated carbocycles. The van der Waals surface area contributed by atoms with Crippen LogP contribution >= 0.6 is 11.6 Å². The first-order valence-corrected chi connectivity index (χ1v) is 10.8. The second-order valence-corrected chi connectivity index (χ2v) is 9.43. The summed E-state index contributed by atoms with van der Waals surface area (Å²) in [5.41, 5.74) is 0.460. The van der Waals surface area contributed by atoms with Crippen LogP contribution in [0.4, 0.5) is 4.79 Å². The normalized spacial score (nSPS) is 23.5. The third-order valence-corrected chi connectivity index (χ3v) is 6.01. The summed E-state index contributed by atoms with van der Waals surface area (Å²) in [6.07, 6.45) is 4.41. The van der Waals surface area contributed by atoms with Crippen LogP contribution in [0.15, 0.2) is 24.3 Å². The van der Waals surface area contributed by atoms with Crippen molar-refractivity contribution in [3.63, 3.8) is 0 Å². The second-order valence-electron chi connectivity index (χ2n) is 9.00. The van der Waals surface area contributed by atoms with Gasteiger partial charge in [-0.25, -0.2) is 4.79 Å². The van der Waals surface area contributed by atoms with Crippen molar-refractivity contribution in [1.82, 2.24) is 9.80 Å². The van der Waals surface area contributed by atoms with Gasteiger partial charge in [0.1, 0.15) is 5.60 Å². The molecular formula is C22H33ClN2O3. The largest absolute Gasteiger partial charge is 0.444 e. The quantitative estimate of drug-likeness (QED) is 0.792. The molecule has 3 rings (SSSR count). The van der Waals surface area contributed by atoms with Gasteiger partial charge in [0.25, 0.3) is 0 Å². The van der Waals surface area contributed by atoms with E-state index in [1.54, 1.807) is 0 Å². The molecule has 1 N–H and O–H groups in total. The number of likely N-dealkylation sites (tertiary alicyclic amines) is 2. The van der Waals surface area contributed by atoms with Crippen molar-refractivity contribution in [3.8, 4) is 0 Å². The Labute approximate surface area is 173 Å². The van der Waals surface area contributed by atoms with Crippen molar-refractivity contribution < 1.29 is 14.6 Å². The molecule has 2 aliphatic rings. The standard InChI is InChI=1S/C22H33ClN2O3/c1-22(2,3)28-21(27)24-14-11-18(12-15-24)25-13-5-4-6-19(25)20(26)16-7-9-17(23)10-8-16/h7-10,18-20,26H,4-6,11-15H2,1-3H3. The Kier molecular flexibility index (Phi) is 6.89. The molecule has 0 bridgehead atoms. The van der Waals surface area contributed by atoms with Crippen LogP contribution < -0.4 is 0 Å². The lowest BCUT2D eigenvalue weighted by molar-refractivity contribution is -0.0230. The topological polar surface area (TPSA) is 53.0 Å². The number of halogens is 1. The molecule has 0 aromatic heterocycles. The lowest BCUT2D eigenvalue weighted by atomic mass is 9.89. The Balaban J connectivity index is 1.62. The van der Waals surface area contributed by atoms with Gasteiger partial charge < -0.3 is 14.7 Å². The first-order chi connectivity index (χ1) is 13.2. The van der Waals surface area contributed by atoms with Crippen LogP contribution in [0.3, 0.4) is 0 Å². The SMILES string of the molecule is CC(C)(C)OC(=O)N1CCC(N2CCCCC2C(O)c2ccc(Cl)cc2)CC1. The molecule has 0 aliphatic carbocycles. The molecule has 2 atom stereocenters. The molecule has 2 fully saturated rings. The zero-order valence-electron chi connectivity index (χ0n) is 17.2. The molecule has 0 spiro atoms. The van der Waals surface area contributed by atoms with Gasteiger partial charge in [0.2, 0.25) is 0 Å². The first-order valence-electron chi connectivity index (χ1n) is 10.4. The molecule has 1 aromatic carbocycles. The van der Waals surface area contributed by atoms with Crippen LogP contribution in [0, 0.1) is 0 Å². The average Bonchev–Trinajstić information content (AvgIpc) is 2.67. The van der Waals surface area contributed by atoms with Crippen molar-refractivity contribution >= 4 is 17.7 Å². The highest BCUT2D eigenvalue weighted by Crippen LogP contribution is 2.33. The van der Waals surface area contributed by atoms with E-state index in [9.17, 15) is 9.90 Å². The number of ether oxygens (including phenoxy) is 1. The highest BCUT2D eigenvalue weighted by atomic mass is 35.5. The zero-order chi connectivity index (χ0) is 20.3. The van der Waals surface area contributed by atoms with E-state index in [-0.39, 0.29) is 12.1 Å².